The Bertz CT molecular complexity index is 1340. The smallest absolute Gasteiger partial charge is 0.258 e. The average Bonchev–Trinajstić information content (AvgIpc) is 3.18. The molecule has 0 radical (unpaired) electrons. The fraction of sp³-hybridized carbons (Fsp3) is 0.440. The summed E-state index contributed by atoms with van der Waals surface area (Å²) in [4.78, 5) is 24.9. The van der Waals surface area contributed by atoms with Crippen LogP contribution in [-0.4, -0.2) is 49.0 Å². The van der Waals surface area contributed by atoms with Gasteiger partial charge in [-0.05, 0) is 76.4 Å². The molecular weight excluding hydrogens is 400 g/mol. The third kappa shape index (κ3) is 3.81. The Morgan fingerprint density at radius 3 is 2.50 bits per heavy atom. The molecule has 32 heavy (non-hydrogen) atoms. The van der Waals surface area contributed by atoms with Crippen molar-refractivity contribution in [3.05, 3.63) is 63.5 Å². The standard InChI is InChI=1S/C24H28N6O.CH4/c1-5-19-22-11-21(27-30(22)13-16(3)25-19)20-12-23(31)29-14-18(10-15(2)24(29)26-20)17-6-8-28(4)9-7-17;/h10-14,17H,5-9H2,1-4H3;1H4. The molecule has 5 heterocycles. The predicted octanol–water partition coefficient (Wildman–Crippen LogP) is 4.03. The fourth-order valence-corrected chi connectivity index (χ4v) is 4.66. The van der Waals surface area contributed by atoms with E-state index < -0.39 is 0 Å². The number of rotatable bonds is 3. The van der Waals surface area contributed by atoms with Crippen LogP contribution in [0.25, 0.3) is 22.6 Å². The van der Waals surface area contributed by atoms with Gasteiger partial charge in [0.2, 0.25) is 0 Å². The van der Waals surface area contributed by atoms with Crippen LogP contribution in [0.1, 0.15) is 55.6 Å². The zero-order valence-electron chi connectivity index (χ0n) is 18.6. The van der Waals surface area contributed by atoms with Crippen LogP contribution in [0, 0.1) is 13.8 Å². The molecule has 7 heteroatoms. The molecule has 1 saturated heterocycles. The van der Waals surface area contributed by atoms with E-state index in [1.807, 2.05) is 36.8 Å². The molecule has 1 aliphatic rings. The Morgan fingerprint density at radius 2 is 1.78 bits per heavy atom. The molecule has 0 saturated carbocycles. The van der Waals surface area contributed by atoms with E-state index in [0.717, 1.165) is 54.8 Å². The quantitative estimate of drug-likeness (QED) is 0.489. The topological polar surface area (TPSA) is 67.8 Å². The summed E-state index contributed by atoms with van der Waals surface area (Å²) in [5.41, 5.74) is 7.05. The van der Waals surface area contributed by atoms with Crippen molar-refractivity contribution in [1.82, 2.24) is 28.9 Å². The van der Waals surface area contributed by atoms with Crippen molar-refractivity contribution in [3.8, 4) is 11.4 Å². The van der Waals surface area contributed by atoms with E-state index in [1.165, 1.54) is 5.56 Å². The summed E-state index contributed by atoms with van der Waals surface area (Å²) in [7, 11) is 2.16. The number of pyridine rings is 1. The fourth-order valence-electron chi connectivity index (χ4n) is 4.66. The highest BCUT2D eigenvalue weighted by molar-refractivity contribution is 5.67. The first-order chi connectivity index (χ1) is 14.9. The van der Waals surface area contributed by atoms with Crippen molar-refractivity contribution >= 4 is 11.2 Å². The van der Waals surface area contributed by atoms with Gasteiger partial charge in [0.15, 0.2) is 0 Å². The molecule has 7 nitrogen and oxygen atoms in total. The SMILES string of the molecule is C.CCc1nc(C)cn2nc(-c3cc(=O)n4cc(C5CCN(C)CC5)cc(C)c4n3)cc12. The van der Waals surface area contributed by atoms with Crippen LogP contribution >= 0.6 is 0 Å². The molecule has 4 aromatic heterocycles. The van der Waals surface area contributed by atoms with Gasteiger partial charge in [0.05, 0.1) is 28.8 Å². The van der Waals surface area contributed by atoms with Crippen molar-refractivity contribution in [2.45, 2.75) is 53.4 Å². The third-order valence-corrected chi connectivity index (χ3v) is 6.41. The first kappa shape index (κ1) is 22.1. The highest BCUT2D eigenvalue weighted by atomic mass is 16.1. The van der Waals surface area contributed by atoms with Crippen LogP contribution in [0.3, 0.4) is 0 Å². The van der Waals surface area contributed by atoms with Gasteiger partial charge in [-0.2, -0.15) is 5.10 Å². The summed E-state index contributed by atoms with van der Waals surface area (Å²) in [5.74, 6) is 0.493. The summed E-state index contributed by atoms with van der Waals surface area (Å²) in [5, 5.41) is 4.69. The van der Waals surface area contributed by atoms with Crippen molar-refractivity contribution in [2.75, 3.05) is 20.1 Å². The van der Waals surface area contributed by atoms with E-state index in [1.54, 1.807) is 10.5 Å². The van der Waals surface area contributed by atoms with Gasteiger partial charge in [-0.25, -0.2) is 9.50 Å². The number of hydrogen-bond donors (Lipinski definition) is 0. The van der Waals surface area contributed by atoms with Gasteiger partial charge in [-0.15, -0.1) is 0 Å². The number of aromatic nitrogens is 5. The second-order valence-corrected chi connectivity index (χ2v) is 8.75. The van der Waals surface area contributed by atoms with E-state index in [9.17, 15) is 4.79 Å². The van der Waals surface area contributed by atoms with E-state index >= 15 is 0 Å². The largest absolute Gasteiger partial charge is 0.306 e. The van der Waals surface area contributed by atoms with Crippen LogP contribution in [0.4, 0.5) is 0 Å². The maximum atomic E-state index is 13.1. The summed E-state index contributed by atoms with van der Waals surface area (Å²) in [6, 6.07) is 5.78. The van der Waals surface area contributed by atoms with Crippen molar-refractivity contribution in [3.63, 3.8) is 0 Å². The molecule has 5 rings (SSSR count). The lowest BCUT2D eigenvalue weighted by atomic mass is 9.90. The molecule has 0 N–H and O–H groups in total. The summed E-state index contributed by atoms with van der Waals surface area (Å²) in [6.45, 7) is 8.27. The Labute approximate surface area is 188 Å². The Balaban J connectivity index is 0.00000245. The molecule has 168 valence electrons. The summed E-state index contributed by atoms with van der Waals surface area (Å²) in [6.07, 6.45) is 6.96. The predicted molar refractivity (Wildman–Crippen MR) is 128 cm³/mol. The maximum absolute atomic E-state index is 13.1. The lowest BCUT2D eigenvalue weighted by Crippen LogP contribution is -2.29. The molecule has 0 atom stereocenters. The zero-order chi connectivity index (χ0) is 21.7. The van der Waals surface area contributed by atoms with Crippen molar-refractivity contribution in [1.29, 1.82) is 0 Å². The average molecular weight is 433 g/mol. The minimum absolute atomic E-state index is 0. The van der Waals surface area contributed by atoms with Crippen molar-refractivity contribution < 1.29 is 0 Å². The van der Waals surface area contributed by atoms with Gasteiger partial charge in [-0.3, -0.25) is 14.2 Å². The number of likely N-dealkylation sites (tertiary alicyclic amines) is 1. The third-order valence-electron chi connectivity index (χ3n) is 6.41. The van der Waals surface area contributed by atoms with Crippen LogP contribution < -0.4 is 5.56 Å². The van der Waals surface area contributed by atoms with Crippen LogP contribution in [-0.2, 0) is 6.42 Å². The molecule has 1 fully saturated rings. The van der Waals surface area contributed by atoms with Gasteiger partial charge >= 0.3 is 0 Å². The van der Waals surface area contributed by atoms with Gasteiger partial charge < -0.3 is 4.90 Å². The Morgan fingerprint density at radius 1 is 1.03 bits per heavy atom. The summed E-state index contributed by atoms with van der Waals surface area (Å²) < 4.78 is 3.54. The molecule has 1 aliphatic heterocycles. The first-order valence-electron chi connectivity index (χ1n) is 11.0. The molecule has 0 aromatic carbocycles. The van der Waals surface area contributed by atoms with Gasteiger partial charge in [0.25, 0.3) is 5.56 Å². The van der Waals surface area contributed by atoms with Crippen LogP contribution in [0.2, 0.25) is 0 Å². The van der Waals surface area contributed by atoms with Gasteiger partial charge in [-0.1, -0.05) is 20.4 Å². The van der Waals surface area contributed by atoms with Gasteiger partial charge in [0.1, 0.15) is 11.3 Å². The molecule has 0 spiro atoms. The molecule has 0 unspecified atom stereocenters. The first-order valence-corrected chi connectivity index (χ1v) is 11.0. The Hall–Kier alpha value is -3.06. The van der Waals surface area contributed by atoms with Gasteiger partial charge in [0, 0.05) is 12.3 Å². The van der Waals surface area contributed by atoms with E-state index in [2.05, 4.69) is 35.0 Å². The number of aryl methyl sites for hydroxylation is 3. The van der Waals surface area contributed by atoms with E-state index in [-0.39, 0.29) is 13.0 Å². The second-order valence-electron chi connectivity index (χ2n) is 8.75. The molecular formula is C25H32N6O. The lowest BCUT2D eigenvalue weighted by molar-refractivity contribution is 0.255. The highest BCUT2D eigenvalue weighted by Crippen LogP contribution is 2.29. The number of fused-ring (bicyclic) bond motifs is 2. The minimum Gasteiger partial charge on any atom is -0.306 e. The summed E-state index contributed by atoms with van der Waals surface area (Å²) >= 11 is 0. The number of piperidine rings is 1. The second kappa shape index (κ2) is 8.47. The highest BCUT2D eigenvalue weighted by Gasteiger charge is 2.20. The molecule has 0 bridgehead atoms. The molecule has 4 aromatic rings. The maximum Gasteiger partial charge on any atom is 0.258 e. The monoisotopic (exact) mass is 432 g/mol. The number of nitrogens with zero attached hydrogens (tertiary/aromatic N) is 6. The molecule has 0 aliphatic carbocycles. The lowest BCUT2D eigenvalue weighted by Gasteiger charge is -2.29. The minimum atomic E-state index is -0.0695. The van der Waals surface area contributed by atoms with Crippen LogP contribution in [0.15, 0.2) is 35.4 Å². The number of hydrogen-bond acceptors (Lipinski definition) is 5. The Kier molecular flexibility index (Phi) is 5.86. The van der Waals surface area contributed by atoms with E-state index in [4.69, 9.17) is 4.98 Å². The van der Waals surface area contributed by atoms with Crippen LogP contribution in [0.5, 0.6) is 0 Å². The van der Waals surface area contributed by atoms with Crippen molar-refractivity contribution in [2.24, 2.45) is 0 Å². The van der Waals surface area contributed by atoms with E-state index in [0.29, 0.717) is 23.0 Å². The zero-order valence-corrected chi connectivity index (χ0v) is 18.6. The normalized spacial score (nSPS) is 15.4. The molecule has 0 amide bonds.